The number of rotatable bonds is 12. The van der Waals surface area contributed by atoms with E-state index in [-0.39, 0.29) is 23.8 Å². The van der Waals surface area contributed by atoms with Crippen LogP contribution in [0.3, 0.4) is 0 Å². The molecule has 1 aromatic carbocycles. The third kappa shape index (κ3) is 10.1. The van der Waals surface area contributed by atoms with Gasteiger partial charge in [-0.1, -0.05) is 58.0 Å². The molecular weight excluding hydrogens is 442 g/mol. The molecule has 196 valence electrons. The zero-order chi connectivity index (χ0) is 26.8. The molecule has 1 rings (SSSR count). The second kappa shape index (κ2) is 13.9. The first kappa shape index (κ1) is 30.2. The van der Waals surface area contributed by atoms with Crippen LogP contribution in [0.4, 0.5) is 4.79 Å². The Hall–Kier alpha value is -2.83. The number of carbonyl (C=O) groups is 3. The fourth-order valence-electron chi connectivity index (χ4n) is 3.96. The molecule has 0 bridgehead atoms. The van der Waals surface area contributed by atoms with E-state index in [2.05, 4.69) is 24.1 Å². The van der Waals surface area contributed by atoms with Crippen molar-refractivity contribution < 1.29 is 19.1 Å². The van der Waals surface area contributed by atoms with E-state index < -0.39 is 23.8 Å². The van der Waals surface area contributed by atoms with E-state index in [9.17, 15) is 14.4 Å². The third-order valence-electron chi connectivity index (χ3n) is 5.45. The minimum Gasteiger partial charge on any atom is -0.444 e. The van der Waals surface area contributed by atoms with Crippen molar-refractivity contribution in [2.75, 3.05) is 6.54 Å². The monoisotopic (exact) mass is 487 g/mol. The Labute approximate surface area is 211 Å². The van der Waals surface area contributed by atoms with Gasteiger partial charge in [0.2, 0.25) is 11.8 Å². The summed E-state index contributed by atoms with van der Waals surface area (Å²) in [4.78, 5) is 41.5. The predicted octanol–water partition coefficient (Wildman–Crippen LogP) is 5.46. The Balaban J connectivity index is 3.40. The summed E-state index contributed by atoms with van der Waals surface area (Å²) in [6, 6.07) is 5.77. The number of alkyl carbamates (subject to hydrolysis) is 1. The molecule has 3 atom stereocenters. The lowest BCUT2D eigenvalue weighted by molar-refractivity contribution is -0.142. The van der Waals surface area contributed by atoms with Crippen molar-refractivity contribution >= 4 is 24.0 Å². The van der Waals surface area contributed by atoms with E-state index in [0.717, 1.165) is 18.4 Å². The number of likely N-dealkylation sites (N-methyl/N-ethyl adjacent to an activating group) is 1. The van der Waals surface area contributed by atoms with Crippen LogP contribution in [0.5, 0.6) is 0 Å². The molecule has 0 aromatic heterocycles. The van der Waals surface area contributed by atoms with Crippen molar-refractivity contribution in [1.82, 2.24) is 15.5 Å². The summed E-state index contributed by atoms with van der Waals surface area (Å²) < 4.78 is 5.40. The van der Waals surface area contributed by atoms with Crippen LogP contribution in [0.1, 0.15) is 91.8 Å². The minimum atomic E-state index is -0.846. The number of nitrogens with one attached hydrogen (secondary N) is 2. The quantitative estimate of drug-likeness (QED) is 0.410. The zero-order valence-electron chi connectivity index (χ0n) is 22.8. The molecule has 1 aromatic rings. The Morgan fingerprint density at radius 1 is 1.11 bits per heavy atom. The second-order valence-electron chi connectivity index (χ2n) is 10.4. The first-order valence-corrected chi connectivity index (χ1v) is 12.7. The van der Waals surface area contributed by atoms with Crippen LogP contribution in [0.25, 0.3) is 6.08 Å². The van der Waals surface area contributed by atoms with Crippen LogP contribution in [0.2, 0.25) is 0 Å². The highest BCUT2D eigenvalue weighted by Crippen LogP contribution is 2.25. The van der Waals surface area contributed by atoms with Crippen LogP contribution in [0, 0.1) is 5.92 Å². The summed E-state index contributed by atoms with van der Waals surface area (Å²) in [7, 11) is 0. The Bertz CT molecular complexity index is 860. The SMILES string of the molecule is C=Cc1cccc(C(C(=O)NC(C)CCC)N(CC)C(=O)C(CC(C)C)NC(=O)OC(C)(C)C)c1. The van der Waals surface area contributed by atoms with Gasteiger partial charge in [-0.05, 0) is 70.6 Å². The molecule has 2 N–H and O–H groups in total. The Morgan fingerprint density at radius 2 is 1.77 bits per heavy atom. The largest absolute Gasteiger partial charge is 0.444 e. The van der Waals surface area contributed by atoms with Crippen LogP contribution in [0.15, 0.2) is 30.8 Å². The molecular formula is C28H45N3O4. The molecule has 0 aliphatic rings. The van der Waals surface area contributed by atoms with Gasteiger partial charge in [-0.2, -0.15) is 0 Å². The van der Waals surface area contributed by atoms with Crippen LogP contribution in [-0.2, 0) is 14.3 Å². The molecule has 0 fully saturated rings. The van der Waals surface area contributed by atoms with Gasteiger partial charge in [-0.15, -0.1) is 0 Å². The zero-order valence-corrected chi connectivity index (χ0v) is 22.8. The number of ether oxygens (including phenoxy) is 1. The van der Waals surface area contributed by atoms with E-state index in [1.165, 1.54) is 0 Å². The smallest absolute Gasteiger partial charge is 0.408 e. The minimum absolute atomic E-state index is 0.0299. The molecule has 3 unspecified atom stereocenters. The summed E-state index contributed by atoms with van der Waals surface area (Å²) in [5.74, 6) is -0.430. The van der Waals surface area contributed by atoms with Gasteiger partial charge in [0.25, 0.3) is 0 Å². The number of nitrogens with zero attached hydrogens (tertiary/aromatic N) is 1. The lowest BCUT2D eigenvalue weighted by Gasteiger charge is -2.35. The Morgan fingerprint density at radius 3 is 2.29 bits per heavy atom. The molecule has 0 heterocycles. The van der Waals surface area contributed by atoms with E-state index in [4.69, 9.17) is 4.74 Å². The van der Waals surface area contributed by atoms with Crippen molar-refractivity contribution in [1.29, 1.82) is 0 Å². The molecule has 7 heteroatoms. The normalized spacial score (nSPS) is 14.0. The fourth-order valence-corrected chi connectivity index (χ4v) is 3.96. The summed E-state index contributed by atoms with van der Waals surface area (Å²) in [5.41, 5.74) is 0.860. The highest BCUT2D eigenvalue weighted by Gasteiger charge is 2.36. The maximum atomic E-state index is 13.9. The van der Waals surface area contributed by atoms with Gasteiger partial charge in [-0.25, -0.2) is 4.79 Å². The van der Waals surface area contributed by atoms with Gasteiger partial charge in [0.15, 0.2) is 0 Å². The van der Waals surface area contributed by atoms with Crippen LogP contribution >= 0.6 is 0 Å². The summed E-state index contributed by atoms with van der Waals surface area (Å²) in [5, 5.41) is 5.82. The molecule has 7 nitrogen and oxygen atoms in total. The highest BCUT2D eigenvalue weighted by molar-refractivity contribution is 5.92. The first-order valence-electron chi connectivity index (χ1n) is 12.7. The number of carbonyl (C=O) groups excluding carboxylic acids is 3. The van der Waals surface area contributed by atoms with Gasteiger partial charge in [0.05, 0.1) is 0 Å². The number of amides is 3. The second-order valence-corrected chi connectivity index (χ2v) is 10.4. The average Bonchev–Trinajstić information content (AvgIpc) is 2.74. The summed E-state index contributed by atoms with van der Waals surface area (Å²) in [6.07, 6.45) is 3.24. The molecule has 0 aliphatic carbocycles. The lowest BCUT2D eigenvalue weighted by atomic mass is 9.98. The highest BCUT2D eigenvalue weighted by atomic mass is 16.6. The van der Waals surface area contributed by atoms with E-state index >= 15 is 0 Å². The summed E-state index contributed by atoms with van der Waals surface area (Å²) >= 11 is 0. The van der Waals surface area contributed by atoms with Gasteiger partial charge >= 0.3 is 6.09 Å². The topological polar surface area (TPSA) is 87.7 Å². The fraction of sp³-hybridized carbons (Fsp3) is 0.607. The van der Waals surface area contributed by atoms with Crippen molar-refractivity contribution in [3.63, 3.8) is 0 Å². The first-order chi connectivity index (χ1) is 16.3. The molecule has 0 aliphatic heterocycles. The van der Waals surface area contributed by atoms with Gasteiger partial charge in [0, 0.05) is 12.6 Å². The van der Waals surface area contributed by atoms with Gasteiger partial charge in [-0.3, -0.25) is 9.59 Å². The third-order valence-corrected chi connectivity index (χ3v) is 5.45. The maximum absolute atomic E-state index is 13.9. The van der Waals surface area contributed by atoms with E-state index in [0.29, 0.717) is 18.5 Å². The molecule has 0 saturated carbocycles. The Kier molecular flexibility index (Phi) is 12.0. The van der Waals surface area contributed by atoms with E-state index in [1.54, 1.807) is 31.7 Å². The lowest BCUT2D eigenvalue weighted by Crippen LogP contribution is -2.53. The molecule has 0 radical (unpaired) electrons. The summed E-state index contributed by atoms with van der Waals surface area (Å²) in [6.45, 7) is 19.3. The van der Waals surface area contributed by atoms with E-state index in [1.807, 2.05) is 52.0 Å². The van der Waals surface area contributed by atoms with Crippen molar-refractivity contribution in [3.05, 3.63) is 42.0 Å². The molecule has 3 amide bonds. The van der Waals surface area contributed by atoms with Crippen molar-refractivity contribution in [2.45, 2.75) is 98.4 Å². The molecule has 0 spiro atoms. The average molecular weight is 488 g/mol. The predicted molar refractivity (Wildman–Crippen MR) is 142 cm³/mol. The molecule has 0 saturated heterocycles. The van der Waals surface area contributed by atoms with Crippen LogP contribution < -0.4 is 10.6 Å². The maximum Gasteiger partial charge on any atom is 0.408 e. The number of hydrogen-bond donors (Lipinski definition) is 2. The van der Waals surface area contributed by atoms with Crippen molar-refractivity contribution in [3.8, 4) is 0 Å². The molecule has 35 heavy (non-hydrogen) atoms. The number of benzene rings is 1. The van der Waals surface area contributed by atoms with Crippen LogP contribution in [-0.4, -0.2) is 47.0 Å². The van der Waals surface area contributed by atoms with Gasteiger partial charge < -0.3 is 20.3 Å². The van der Waals surface area contributed by atoms with Crippen molar-refractivity contribution in [2.24, 2.45) is 5.92 Å². The number of hydrogen-bond acceptors (Lipinski definition) is 4. The van der Waals surface area contributed by atoms with Gasteiger partial charge in [0.1, 0.15) is 17.7 Å². The standard InChI is InChI=1S/C28H45N3O4/c1-10-14-20(6)29-25(32)24(22-16-13-15-21(11-2)18-22)31(12-3)26(33)23(17-19(4)5)30-27(34)35-28(7,8)9/h11,13,15-16,18-20,23-24H,2,10,12,14,17H2,1,3-9H3,(H,29,32)(H,30,34).